The number of halogens is 1. The van der Waals surface area contributed by atoms with Gasteiger partial charge in [0.25, 0.3) is 0 Å². The molecule has 2 aromatic rings. The van der Waals surface area contributed by atoms with Crippen molar-refractivity contribution in [2.24, 2.45) is 0 Å². The van der Waals surface area contributed by atoms with Gasteiger partial charge in [-0.25, -0.2) is 4.79 Å². The van der Waals surface area contributed by atoms with Gasteiger partial charge >= 0.3 is 5.97 Å². The molecule has 0 spiro atoms. The smallest absolute Gasteiger partial charge is 0.339 e. The number of rotatable bonds is 4. The van der Waals surface area contributed by atoms with Crippen LogP contribution in [-0.4, -0.2) is 11.1 Å². The number of carbonyl (C=O) groups is 1. The van der Waals surface area contributed by atoms with Gasteiger partial charge in [0.15, 0.2) is 6.10 Å². The Bertz CT molecular complexity index is 735. The third-order valence-electron chi connectivity index (χ3n) is 4.10. The Balaban J connectivity index is 2.00. The maximum Gasteiger partial charge on any atom is 0.339 e. The summed E-state index contributed by atoms with van der Waals surface area (Å²) in [5, 5.41) is 11.2. The van der Waals surface area contributed by atoms with Crippen molar-refractivity contribution in [3.8, 4) is 0 Å². The zero-order valence-electron chi connectivity index (χ0n) is 12.7. The molecule has 0 saturated heterocycles. The number of benzene rings is 2. The predicted octanol–water partition coefficient (Wildman–Crippen LogP) is 4.94. The lowest BCUT2D eigenvalue weighted by Gasteiger charge is -2.15. The van der Waals surface area contributed by atoms with Crippen molar-refractivity contribution in [3.05, 3.63) is 82.1 Å². The summed E-state index contributed by atoms with van der Waals surface area (Å²) >= 11 is 5.93. The maximum atomic E-state index is 12.3. The molecule has 0 aliphatic carbocycles. The summed E-state index contributed by atoms with van der Waals surface area (Å²) in [6.45, 7) is 1.97. The van der Waals surface area contributed by atoms with Crippen LogP contribution in [0.2, 0.25) is 5.02 Å². The Morgan fingerprint density at radius 1 is 1.13 bits per heavy atom. The third kappa shape index (κ3) is 2.97. The van der Waals surface area contributed by atoms with E-state index in [0.717, 1.165) is 11.1 Å². The number of esters is 1. The van der Waals surface area contributed by atoms with E-state index in [1.54, 1.807) is 12.1 Å². The Hall–Kier alpha value is -2.26. The SMILES string of the molecule is CCC(C1=C(O)C(c2ccccc2)OC1=O)c1ccc(Cl)cc1. The summed E-state index contributed by atoms with van der Waals surface area (Å²) in [5.41, 5.74) is 2.03. The summed E-state index contributed by atoms with van der Waals surface area (Å²) in [5.74, 6) is -0.672. The fourth-order valence-electron chi connectivity index (χ4n) is 2.95. The highest BCUT2D eigenvalue weighted by molar-refractivity contribution is 6.30. The van der Waals surface area contributed by atoms with E-state index in [9.17, 15) is 9.90 Å². The lowest BCUT2D eigenvalue weighted by molar-refractivity contribution is -0.140. The first-order valence-corrected chi connectivity index (χ1v) is 7.94. The fourth-order valence-corrected chi connectivity index (χ4v) is 3.07. The van der Waals surface area contributed by atoms with Gasteiger partial charge in [-0.3, -0.25) is 0 Å². The summed E-state index contributed by atoms with van der Waals surface area (Å²) < 4.78 is 5.41. The molecule has 3 rings (SSSR count). The van der Waals surface area contributed by atoms with Crippen LogP contribution in [0.4, 0.5) is 0 Å². The summed E-state index contributed by atoms with van der Waals surface area (Å²) in [6.07, 6.45) is -0.0440. The predicted molar refractivity (Wildman–Crippen MR) is 89.4 cm³/mol. The molecule has 0 radical (unpaired) electrons. The largest absolute Gasteiger partial charge is 0.507 e. The zero-order valence-corrected chi connectivity index (χ0v) is 13.5. The van der Waals surface area contributed by atoms with Crippen molar-refractivity contribution in [2.45, 2.75) is 25.4 Å². The number of aliphatic hydroxyl groups excluding tert-OH is 1. The van der Waals surface area contributed by atoms with Crippen LogP contribution < -0.4 is 0 Å². The van der Waals surface area contributed by atoms with Crippen molar-refractivity contribution in [2.75, 3.05) is 0 Å². The minimum absolute atomic E-state index is 0.00278. The van der Waals surface area contributed by atoms with E-state index in [0.29, 0.717) is 17.0 Å². The Kier molecular flexibility index (Phi) is 4.39. The molecule has 0 fully saturated rings. The zero-order chi connectivity index (χ0) is 16.4. The number of hydrogen-bond acceptors (Lipinski definition) is 3. The fraction of sp³-hybridized carbons (Fsp3) is 0.211. The summed E-state index contributed by atoms with van der Waals surface area (Å²) in [6, 6.07) is 16.6. The Labute approximate surface area is 140 Å². The highest BCUT2D eigenvalue weighted by Crippen LogP contribution is 2.41. The lowest BCUT2D eigenvalue weighted by atomic mass is 9.87. The van der Waals surface area contributed by atoms with Crippen LogP contribution in [0.3, 0.4) is 0 Å². The van der Waals surface area contributed by atoms with Crippen LogP contribution in [0.1, 0.15) is 36.5 Å². The molecule has 2 aromatic carbocycles. The second kappa shape index (κ2) is 6.47. The van der Waals surface area contributed by atoms with Gasteiger partial charge in [0.05, 0.1) is 5.57 Å². The summed E-state index contributed by atoms with van der Waals surface area (Å²) in [7, 11) is 0. The number of aliphatic hydroxyl groups is 1. The molecule has 3 nitrogen and oxygen atoms in total. The van der Waals surface area contributed by atoms with Crippen LogP contribution in [0.15, 0.2) is 65.9 Å². The molecular formula is C19H17ClO3. The maximum absolute atomic E-state index is 12.3. The minimum Gasteiger partial charge on any atom is -0.507 e. The van der Waals surface area contributed by atoms with Gasteiger partial charge in [0.2, 0.25) is 0 Å². The number of carbonyl (C=O) groups excluding carboxylic acids is 1. The van der Waals surface area contributed by atoms with Crippen LogP contribution >= 0.6 is 11.6 Å². The molecule has 0 bridgehead atoms. The molecule has 0 saturated carbocycles. The van der Waals surface area contributed by atoms with Gasteiger partial charge in [-0.15, -0.1) is 0 Å². The van der Waals surface area contributed by atoms with E-state index in [-0.39, 0.29) is 11.7 Å². The Morgan fingerprint density at radius 3 is 2.39 bits per heavy atom. The van der Waals surface area contributed by atoms with Crippen molar-refractivity contribution in [1.82, 2.24) is 0 Å². The molecule has 118 valence electrons. The summed E-state index contributed by atoms with van der Waals surface area (Å²) in [4.78, 5) is 12.3. The van der Waals surface area contributed by atoms with E-state index < -0.39 is 12.1 Å². The number of hydrogen-bond donors (Lipinski definition) is 1. The molecule has 1 aliphatic heterocycles. The van der Waals surface area contributed by atoms with E-state index >= 15 is 0 Å². The highest BCUT2D eigenvalue weighted by Gasteiger charge is 2.39. The molecule has 0 aromatic heterocycles. The topological polar surface area (TPSA) is 46.5 Å². The standard InChI is InChI=1S/C19H17ClO3/c1-2-15(12-8-10-14(20)11-9-12)16-17(21)18(23-19(16)22)13-6-4-3-5-7-13/h3-11,15,18,21H,2H2,1H3. The first-order chi connectivity index (χ1) is 11.1. The van der Waals surface area contributed by atoms with Crippen LogP contribution in [-0.2, 0) is 9.53 Å². The molecule has 1 heterocycles. The first-order valence-electron chi connectivity index (χ1n) is 7.56. The van der Waals surface area contributed by atoms with Gasteiger partial charge in [-0.05, 0) is 24.1 Å². The number of ether oxygens (including phenoxy) is 1. The van der Waals surface area contributed by atoms with Gasteiger partial charge in [-0.2, -0.15) is 0 Å². The van der Waals surface area contributed by atoms with E-state index in [1.165, 1.54) is 0 Å². The van der Waals surface area contributed by atoms with Gasteiger partial charge < -0.3 is 9.84 Å². The molecule has 23 heavy (non-hydrogen) atoms. The van der Waals surface area contributed by atoms with E-state index in [1.807, 2.05) is 49.4 Å². The molecule has 2 unspecified atom stereocenters. The Morgan fingerprint density at radius 2 is 1.78 bits per heavy atom. The van der Waals surface area contributed by atoms with Crippen LogP contribution in [0, 0.1) is 0 Å². The normalized spacial score (nSPS) is 18.9. The second-order valence-corrected chi connectivity index (χ2v) is 5.94. The quantitative estimate of drug-likeness (QED) is 0.808. The molecule has 2 atom stereocenters. The van der Waals surface area contributed by atoms with Crippen LogP contribution in [0.5, 0.6) is 0 Å². The van der Waals surface area contributed by atoms with Crippen molar-refractivity contribution < 1.29 is 14.6 Å². The van der Waals surface area contributed by atoms with Crippen molar-refractivity contribution >= 4 is 17.6 Å². The highest BCUT2D eigenvalue weighted by atomic mass is 35.5. The lowest BCUT2D eigenvalue weighted by Crippen LogP contribution is -2.09. The average molecular weight is 329 g/mol. The second-order valence-electron chi connectivity index (χ2n) is 5.51. The molecule has 1 N–H and O–H groups in total. The van der Waals surface area contributed by atoms with Crippen LogP contribution in [0.25, 0.3) is 0 Å². The van der Waals surface area contributed by atoms with Crippen molar-refractivity contribution in [1.29, 1.82) is 0 Å². The van der Waals surface area contributed by atoms with Gasteiger partial charge in [0, 0.05) is 16.5 Å². The molecule has 0 amide bonds. The van der Waals surface area contributed by atoms with Crippen molar-refractivity contribution in [3.63, 3.8) is 0 Å². The van der Waals surface area contributed by atoms with E-state index in [4.69, 9.17) is 16.3 Å². The van der Waals surface area contributed by atoms with Gasteiger partial charge in [-0.1, -0.05) is 61.0 Å². The molecule has 1 aliphatic rings. The van der Waals surface area contributed by atoms with E-state index in [2.05, 4.69) is 0 Å². The first kappa shape index (κ1) is 15.6. The monoisotopic (exact) mass is 328 g/mol. The average Bonchev–Trinajstić information content (AvgIpc) is 2.86. The third-order valence-corrected chi connectivity index (χ3v) is 4.35. The molecule has 4 heteroatoms. The minimum atomic E-state index is -0.722. The van der Waals surface area contributed by atoms with Gasteiger partial charge in [0.1, 0.15) is 5.76 Å². The molecular weight excluding hydrogens is 312 g/mol. The number of cyclic esters (lactones) is 1.